The molecule has 10 aromatic rings. The number of anilines is 3. The highest BCUT2D eigenvalue weighted by molar-refractivity contribution is 6.25. The van der Waals surface area contributed by atoms with Crippen molar-refractivity contribution in [2.24, 2.45) is 0 Å². The van der Waals surface area contributed by atoms with Gasteiger partial charge in [-0.25, -0.2) is 4.98 Å². The lowest BCUT2D eigenvalue weighted by Crippen LogP contribution is -2.11. The Hall–Kier alpha value is -6.77. The van der Waals surface area contributed by atoms with Crippen LogP contribution in [0.2, 0.25) is 0 Å². The Morgan fingerprint density at radius 3 is 1.49 bits per heavy atom. The quantitative estimate of drug-likeness (QED) is 0.136. The van der Waals surface area contributed by atoms with Crippen molar-refractivity contribution in [2.75, 3.05) is 4.90 Å². The maximum atomic E-state index is 4.93. The lowest BCUT2D eigenvalue weighted by Gasteiger charge is -2.26. The molecular weight excluding hydrogens is 617 g/mol. The van der Waals surface area contributed by atoms with Gasteiger partial charge in [-0.2, -0.15) is 0 Å². The van der Waals surface area contributed by atoms with Gasteiger partial charge in [0.25, 0.3) is 0 Å². The molecule has 0 fully saturated rings. The molecule has 0 unspecified atom stereocenters. The number of benzene rings is 9. The number of fused-ring (bicyclic) bond motifs is 6. The van der Waals surface area contributed by atoms with E-state index in [1.807, 2.05) is 6.20 Å². The first-order valence-corrected chi connectivity index (χ1v) is 17.5. The van der Waals surface area contributed by atoms with Crippen LogP contribution >= 0.6 is 0 Å². The molecule has 0 radical (unpaired) electrons. The summed E-state index contributed by atoms with van der Waals surface area (Å²) in [6.45, 7) is 0. The minimum absolute atomic E-state index is 0.912. The van der Waals surface area contributed by atoms with Crippen LogP contribution in [0.25, 0.3) is 76.1 Å². The number of aromatic nitrogens is 1. The van der Waals surface area contributed by atoms with Crippen molar-refractivity contribution >= 4 is 71.1 Å². The van der Waals surface area contributed by atoms with Crippen LogP contribution in [-0.2, 0) is 0 Å². The first-order chi connectivity index (χ1) is 25.3. The molecule has 0 aliphatic carbocycles. The first-order valence-electron chi connectivity index (χ1n) is 17.5. The molecule has 0 spiro atoms. The Kier molecular flexibility index (Phi) is 6.85. The molecule has 1 aromatic heterocycles. The van der Waals surface area contributed by atoms with Crippen molar-refractivity contribution in [2.45, 2.75) is 0 Å². The van der Waals surface area contributed by atoms with Gasteiger partial charge in [0, 0.05) is 23.0 Å². The van der Waals surface area contributed by atoms with Crippen LogP contribution in [0.5, 0.6) is 0 Å². The van der Waals surface area contributed by atoms with E-state index in [0.29, 0.717) is 0 Å². The monoisotopic (exact) mass is 648 g/mol. The molecular formula is C49H32N2. The van der Waals surface area contributed by atoms with Crippen molar-refractivity contribution in [3.05, 3.63) is 194 Å². The summed E-state index contributed by atoms with van der Waals surface area (Å²) in [6.07, 6.45) is 1.90. The summed E-state index contributed by atoms with van der Waals surface area (Å²) >= 11 is 0. The minimum Gasteiger partial charge on any atom is -0.295 e. The van der Waals surface area contributed by atoms with Crippen molar-refractivity contribution in [1.29, 1.82) is 0 Å². The third-order valence-corrected chi connectivity index (χ3v) is 10.3. The van der Waals surface area contributed by atoms with E-state index >= 15 is 0 Å². The summed E-state index contributed by atoms with van der Waals surface area (Å²) in [6, 6.07) is 67.9. The fourth-order valence-corrected chi connectivity index (χ4v) is 8.02. The maximum Gasteiger partial charge on any atom is 0.145 e. The van der Waals surface area contributed by atoms with E-state index in [9.17, 15) is 0 Å². The normalized spacial score (nSPS) is 11.5. The van der Waals surface area contributed by atoms with E-state index in [0.717, 1.165) is 28.0 Å². The van der Waals surface area contributed by atoms with Gasteiger partial charge in [-0.1, -0.05) is 152 Å². The molecule has 0 bridgehead atoms. The van der Waals surface area contributed by atoms with Gasteiger partial charge in [0.2, 0.25) is 0 Å². The third kappa shape index (κ3) is 4.76. The summed E-state index contributed by atoms with van der Waals surface area (Å²) < 4.78 is 0. The Morgan fingerprint density at radius 2 is 0.824 bits per heavy atom. The van der Waals surface area contributed by atoms with Crippen LogP contribution in [0.3, 0.4) is 0 Å². The Morgan fingerprint density at radius 1 is 0.333 bits per heavy atom. The average molecular weight is 649 g/mol. The smallest absolute Gasteiger partial charge is 0.145 e. The molecule has 1 heterocycles. The molecule has 51 heavy (non-hydrogen) atoms. The van der Waals surface area contributed by atoms with E-state index < -0.39 is 0 Å². The molecule has 10 rings (SSSR count). The van der Waals surface area contributed by atoms with Gasteiger partial charge in [0.15, 0.2) is 0 Å². The van der Waals surface area contributed by atoms with E-state index in [-0.39, 0.29) is 0 Å². The molecule has 0 N–H and O–H groups in total. The Labute approximate surface area is 296 Å². The summed E-state index contributed by atoms with van der Waals surface area (Å²) in [5.41, 5.74) is 7.09. The molecule has 0 saturated heterocycles. The maximum absolute atomic E-state index is 4.93. The number of hydrogen-bond acceptors (Lipinski definition) is 2. The van der Waals surface area contributed by atoms with E-state index in [2.05, 4.69) is 193 Å². The van der Waals surface area contributed by atoms with Gasteiger partial charge in [-0.05, 0) is 107 Å². The molecule has 238 valence electrons. The molecule has 0 amide bonds. The zero-order chi connectivity index (χ0) is 33.7. The van der Waals surface area contributed by atoms with Crippen LogP contribution < -0.4 is 4.90 Å². The lowest BCUT2D eigenvalue weighted by molar-refractivity contribution is 1.20. The van der Waals surface area contributed by atoms with Crippen LogP contribution in [-0.4, -0.2) is 4.98 Å². The summed E-state index contributed by atoms with van der Waals surface area (Å²) in [5.74, 6) is 0.912. The van der Waals surface area contributed by atoms with Crippen molar-refractivity contribution < 1.29 is 0 Å². The topological polar surface area (TPSA) is 16.1 Å². The van der Waals surface area contributed by atoms with E-state index in [1.54, 1.807) is 0 Å². The average Bonchev–Trinajstić information content (AvgIpc) is 3.21. The highest BCUT2D eigenvalue weighted by Gasteiger charge is 2.20. The first kappa shape index (κ1) is 29.2. The predicted octanol–water partition coefficient (Wildman–Crippen LogP) is 13.7. The lowest BCUT2D eigenvalue weighted by atomic mass is 9.84. The molecule has 0 aliphatic rings. The van der Waals surface area contributed by atoms with E-state index in [4.69, 9.17) is 4.98 Å². The molecule has 2 nitrogen and oxygen atoms in total. The van der Waals surface area contributed by atoms with Gasteiger partial charge in [0.05, 0.1) is 0 Å². The molecule has 0 aliphatic heterocycles. The largest absolute Gasteiger partial charge is 0.295 e. The predicted molar refractivity (Wildman–Crippen MR) is 217 cm³/mol. The highest BCUT2D eigenvalue weighted by Crippen LogP contribution is 2.47. The van der Waals surface area contributed by atoms with Crippen LogP contribution in [0, 0.1) is 0 Å². The third-order valence-electron chi connectivity index (χ3n) is 10.3. The second-order valence-electron chi connectivity index (χ2n) is 13.1. The fourth-order valence-electron chi connectivity index (χ4n) is 8.02. The van der Waals surface area contributed by atoms with Gasteiger partial charge in [0.1, 0.15) is 5.82 Å². The fraction of sp³-hybridized carbons (Fsp3) is 0. The Bertz CT molecular complexity index is 2850. The molecule has 0 atom stereocenters. The summed E-state index contributed by atoms with van der Waals surface area (Å²) in [5, 5.41) is 12.3. The van der Waals surface area contributed by atoms with Crippen molar-refractivity contribution in [1.82, 2.24) is 4.98 Å². The number of para-hydroxylation sites is 1. The number of rotatable bonds is 5. The number of nitrogens with zero attached hydrogens (tertiary/aromatic N) is 2. The van der Waals surface area contributed by atoms with Gasteiger partial charge in [-0.3, -0.25) is 4.90 Å². The molecule has 0 saturated carbocycles. The molecule has 9 aromatic carbocycles. The van der Waals surface area contributed by atoms with Crippen LogP contribution in [0.1, 0.15) is 0 Å². The van der Waals surface area contributed by atoms with Crippen molar-refractivity contribution in [3.63, 3.8) is 0 Å². The molecule has 2 heteroatoms. The zero-order valence-corrected chi connectivity index (χ0v) is 27.9. The van der Waals surface area contributed by atoms with Gasteiger partial charge in [-0.15, -0.1) is 0 Å². The van der Waals surface area contributed by atoms with E-state index in [1.165, 1.54) is 65.3 Å². The zero-order valence-electron chi connectivity index (χ0n) is 27.9. The number of pyridine rings is 1. The van der Waals surface area contributed by atoms with Gasteiger partial charge >= 0.3 is 0 Å². The van der Waals surface area contributed by atoms with Gasteiger partial charge < -0.3 is 0 Å². The van der Waals surface area contributed by atoms with Crippen LogP contribution in [0.15, 0.2) is 194 Å². The second kappa shape index (κ2) is 12.0. The second-order valence-corrected chi connectivity index (χ2v) is 13.1. The SMILES string of the molecule is c1ccc(N(c2ccc(-c3c4ccccc4c(-c4cc5ccccc5c5ccccc45)c4ccccc34)cc2)c2nccc3ccccc23)cc1. The van der Waals surface area contributed by atoms with Crippen LogP contribution in [0.4, 0.5) is 17.2 Å². The van der Waals surface area contributed by atoms with Crippen molar-refractivity contribution in [3.8, 4) is 22.3 Å². The summed E-state index contributed by atoms with van der Waals surface area (Å²) in [4.78, 5) is 7.19. The summed E-state index contributed by atoms with van der Waals surface area (Å²) in [7, 11) is 0. The highest BCUT2D eigenvalue weighted by atomic mass is 15.2. The Balaban J connectivity index is 1.20. The number of hydrogen-bond donors (Lipinski definition) is 0. The minimum atomic E-state index is 0.912. The standard InChI is InChI=1S/C49H32N2/c1-2-16-36(17-3-1)51(49-39-19-7-4-14-33(39)30-31-50-49)37-28-26-34(27-29-37)47-42-22-10-12-24-44(42)48(45-25-13-11-23-43(45)47)46-32-35-15-5-6-18-38(35)40-20-8-9-21-41(40)46/h1-32H.